The van der Waals surface area contributed by atoms with Crippen LogP contribution in [0.15, 0.2) is 18.5 Å². The second-order valence-electron chi connectivity index (χ2n) is 5.06. The van der Waals surface area contributed by atoms with Gasteiger partial charge in [-0.05, 0) is 26.8 Å². The molecule has 0 fully saturated rings. The number of aromatic nitrogens is 2. The highest BCUT2D eigenvalue weighted by atomic mass is 16.4. The van der Waals surface area contributed by atoms with Gasteiger partial charge in [-0.1, -0.05) is 0 Å². The fourth-order valence-electron chi connectivity index (χ4n) is 1.54. The van der Waals surface area contributed by atoms with E-state index < -0.39 is 11.4 Å². The highest BCUT2D eigenvalue weighted by Crippen LogP contribution is 2.20. The molecule has 1 amide bonds. The van der Waals surface area contributed by atoms with Gasteiger partial charge in [0.2, 0.25) is 5.91 Å². The molecule has 2 N–H and O–H groups in total. The first kappa shape index (κ1) is 14.2. The SMILES string of the molecule is CC(Cn1cccn1)NC(=O)CC(C)(C)C(=O)O. The van der Waals surface area contributed by atoms with Crippen molar-refractivity contribution in [2.45, 2.75) is 39.8 Å². The molecule has 0 saturated carbocycles. The normalized spacial score (nSPS) is 13.1. The molecule has 0 radical (unpaired) electrons. The van der Waals surface area contributed by atoms with Gasteiger partial charge in [-0.2, -0.15) is 5.10 Å². The number of hydrogen-bond donors (Lipinski definition) is 2. The highest BCUT2D eigenvalue weighted by Gasteiger charge is 2.30. The number of carboxylic acids is 1. The maximum absolute atomic E-state index is 11.7. The summed E-state index contributed by atoms with van der Waals surface area (Å²) in [5.74, 6) is -1.24. The molecule has 1 unspecified atom stereocenters. The Morgan fingerprint density at radius 3 is 2.67 bits per heavy atom. The summed E-state index contributed by atoms with van der Waals surface area (Å²) in [5, 5.41) is 15.7. The van der Waals surface area contributed by atoms with Crippen molar-refractivity contribution < 1.29 is 14.7 Å². The fraction of sp³-hybridized carbons (Fsp3) is 0.583. The van der Waals surface area contributed by atoms with Crippen LogP contribution in [-0.4, -0.2) is 32.8 Å². The van der Waals surface area contributed by atoms with Crippen molar-refractivity contribution >= 4 is 11.9 Å². The topological polar surface area (TPSA) is 84.2 Å². The highest BCUT2D eigenvalue weighted by molar-refractivity contribution is 5.84. The maximum Gasteiger partial charge on any atom is 0.309 e. The molecule has 1 aromatic heterocycles. The molecule has 6 heteroatoms. The van der Waals surface area contributed by atoms with Crippen molar-refractivity contribution in [3.05, 3.63) is 18.5 Å². The van der Waals surface area contributed by atoms with E-state index >= 15 is 0 Å². The van der Waals surface area contributed by atoms with Gasteiger partial charge in [-0.15, -0.1) is 0 Å². The summed E-state index contributed by atoms with van der Waals surface area (Å²) in [5.41, 5.74) is -1.05. The minimum Gasteiger partial charge on any atom is -0.481 e. The first-order chi connectivity index (χ1) is 8.31. The van der Waals surface area contributed by atoms with E-state index in [0.29, 0.717) is 6.54 Å². The lowest BCUT2D eigenvalue weighted by molar-refractivity contribution is -0.149. The van der Waals surface area contributed by atoms with Crippen LogP contribution in [0, 0.1) is 5.41 Å². The third-order valence-electron chi connectivity index (χ3n) is 2.61. The van der Waals surface area contributed by atoms with Gasteiger partial charge in [0.05, 0.1) is 12.0 Å². The molecule has 0 saturated heterocycles. The Morgan fingerprint density at radius 2 is 2.17 bits per heavy atom. The predicted molar refractivity (Wildman–Crippen MR) is 65.9 cm³/mol. The van der Waals surface area contributed by atoms with E-state index in [9.17, 15) is 9.59 Å². The molecule has 0 aliphatic carbocycles. The number of hydrogen-bond acceptors (Lipinski definition) is 3. The van der Waals surface area contributed by atoms with E-state index in [0.717, 1.165) is 0 Å². The first-order valence-corrected chi connectivity index (χ1v) is 5.81. The third-order valence-corrected chi connectivity index (χ3v) is 2.61. The standard InChI is InChI=1S/C12H19N3O3/c1-9(8-15-6-4-5-13-15)14-10(16)7-12(2,3)11(17)18/h4-6,9H,7-8H2,1-3H3,(H,14,16)(H,17,18). The maximum atomic E-state index is 11.7. The number of rotatable bonds is 6. The quantitative estimate of drug-likeness (QED) is 0.788. The largest absolute Gasteiger partial charge is 0.481 e. The van der Waals surface area contributed by atoms with Gasteiger partial charge in [0.15, 0.2) is 0 Å². The number of nitrogens with one attached hydrogen (secondary N) is 1. The van der Waals surface area contributed by atoms with Crippen LogP contribution in [0.1, 0.15) is 27.2 Å². The fourth-order valence-corrected chi connectivity index (χ4v) is 1.54. The smallest absolute Gasteiger partial charge is 0.309 e. The lowest BCUT2D eigenvalue weighted by Crippen LogP contribution is -2.39. The van der Waals surface area contributed by atoms with E-state index in [1.54, 1.807) is 10.9 Å². The van der Waals surface area contributed by atoms with Gasteiger partial charge in [-0.3, -0.25) is 14.3 Å². The number of nitrogens with zero attached hydrogens (tertiary/aromatic N) is 2. The van der Waals surface area contributed by atoms with Crippen molar-refractivity contribution in [3.8, 4) is 0 Å². The van der Waals surface area contributed by atoms with Crippen LogP contribution in [0.25, 0.3) is 0 Å². The van der Waals surface area contributed by atoms with Gasteiger partial charge in [0, 0.05) is 24.9 Å². The van der Waals surface area contributed by atoms with Gasteiger partial charge in [-0.25, -0.2) is 0 Å². The van der Waals surface area contributed by atoms with E-state index in [1.807, 2.05) is 19.2 Å². The number of carbonyl (C=O) groups is 2. The summed E-state index contributed by atoms with van der Waals surface area (Å²) < 4.78 is 1.72. The van der Waals surface area contributed by atoms with Crippen LogP contribution >= 0.6 is 0 Å². The van der Waals surface area contributed by atoms with Crippen LogP contribution in [0.4, 0.5) is 0 Å². The minimum absolute atomic E-state index is 0.0359. The zero-order chi connectivity index (χ0) is 13.8. The van der Waals surface area contributed by atoms with Crippen molar-refractivity contribution in [1.82, 2.24) is 15.1 Å². The van der Waals surface area contributed by atoms with Gasteiger partial charge < -0.3 is 10.4 Å². The average molecular weight is 253 g/mol. The Kier molecular flexibility index (Phi) is 4.47. The van der Waals surface area contributed by atoms with Crippen LogP contribution in [0.5, 0.6) is 0 Å². The predicted octanol–water partition coefficient (Wildman–Crippen LogP) is 0.889. The number of aliphatic carboxylic acids is 1. The van der Waals surface area contributed by atoms with Crippen molar-refractivity contribution in [1.29, 1.82) is 0 Å². The molecule has 1 aromatic rings. The molecule has 0 aliphatic rings. The van der Waals surface area contributed by atoms with E-state index in [-0.39, 0.29) is 18.4 Å². The third kappa shape index (κ3) is 4.20. The van der Waals surface area contributed by atoms with Crippen molar-refractivity contribution in [3.63, 3.8) is 0 Å². The van der Waals surface area contributed by atoms with Crippen LogP contribution in [0.2, 0.25) is 0 Å². The Morgan fingerprint density at radius 1 is 1.50 bits per heavy atom. The van der Waals surface area contributed by atoms with Gasteiger partial charge in [0.25, 0.3) is 0 Å². The second kappa shape index (κ2) is 5.66. The monoisotopic (exact) mass is 253 g/mol. The van der Waals surface area contributed by atoms with Gasteiger partial charge in [0.1, 0.15) is 0 Å². The van der Waals surface area contributed by atoms with Gasteiger partial charge >= 0.3 is 5.97 Å². The van der Waals surface area contributed by atoms with Crippen LogP contribution in [-0.2, 0) is 16.1 Å². The number of carboxylic acid groups (broad SMARTS) is 1. The average Bonchev–Trinajstić information content (AvgIpc) is 2.68. The Balaban J connectivity index is 2.43. The molecular weight excluding hydrogens is 234 g/mol. The van der Waals surface area contributed by atoms with E-state index in [4.69, 9.17) is 5.11 Å². The molecule has 6 nitrogen and oxygen atoms in total. The molecule has 100 valence electrons. The summed E-state index contributed by atoms with van der Waals surface area (Å²) in [4.78, 5) is 22.6. The lowest BCUT2D eigenvalue weighted by Gasteiger charge is -2.20. The number of carbonyl (C=O) groups excluding carboxylic acids is 1. The molecule has 0 aromatic carbocycles. The van der Waals surface area contributed by atoms with Crippen LogP contribution in [0.3, 0.4) is 0 Å². The molecule has 1 atom stereocenters. The Labute approximate surface area is 106 Å². The summed E-state index contributed by atoms with van der Waals surface area (Å²) in [6.45, 7) is 5.49. The zero-order valence-electron chi connectivity index (χ0n) is 10.9. The summed E-state index contributed by atoms with van der Waals surface area (Å²) >= 11 is 0. The number of amides is 1. The molecule has 1 rings (SSSR count). The van der Waals surface area contributed by atoms with E-state index in [1.165, 1.54) is 13.8 Å². The molecule has 0 spiro atoms. The molecule has 0 aliphatic heterocycles. The minimum atomic E-state index is -1.05. The summed E-state index contributed by atoms with van der Waals surface area (Å²) in [6.07, 6.45) is 3.44. The lowest BCUT2D eigenvalue weighted by atomic mass is 9.89. The zero-order valence-corrected chi connectivity index (χ0v) is 10.9. The summed E-state index contributed by atoms with van der Waals surface area (Å²) in [7, 11) is 0. The molecule has 0 bridgehead atoms. The summed E-state index contributed by atoms with van der Waals surface area (Å²) in [6, 6.07) is 1.71. The Bertz CT molecular complexity index is 412. The molecule has 1 heterocycles. The van der Waals surface area contributed by atoms with Crippen molar-refractivity contribution in [2.24, 2.45) is 5.41 Å². The Hall–Kier alpha value is -1.85. The van der Waals surface area contributed by atoms with E-state index in [2.05, 4.69) is 10.4 Å². The second-order valence-corrected chi connectivity index (χ2v) is 5.06. The first-order valence-electron chi connectivity index (χ1n) is 5.81. The van der Waals surface area contributed by atoms with Crippen LogP contribution < -0.4 is 5.32 Å². The van der Waals surface area contributed by atoms with Crippen molar-refractivity contribution in [2.75, 3.05) is 0 Å². The molecule has 18 heavy (non-hydrogen) atoms. The molecular formula is C12H19N3O3.